The summed E-state index contributed by atoms with van der Waals surface area (Å²) in [4.78, 5) is 14.8. The Kier molecular flexibility index (Phi) is 3.18. The molecule has 0 saturated heterocycles. The van der Waals surface area contributed by atoms with Gasteiger partial charge in [-0.25, -0.2) is 18.6 Å². The molecular weight excluding hydrogens is 206 g/mol. The summed E-state index contributed by atoms with van der Waals surface area (Å²) in [5, 5.41) is 0. The number of nitrogens with two attached hydrogens (primary N) is 1. The predicted octanol–water partition coefficient (Wildman–Crippen LogP) is 1.70. The normalized spacial score (nSPS) is 10.5. The number of aryl methyl sites for hydroxylation is 1. The molecule has 0 radical (unpaired) electrons. The zero-order valence-electron chi connectivity index (χ0n) is 8.25. The molecule has 0 atom stereocenters. The Bertz CT molecular complexity index is 394. The molecule has 15 heavy (non-hydrogen) atoms. The molecule has 0 amide bonds. The van der Waals surface area contributed by atoms with Gasteiger partial charge in [-0.2, -0.15) is 0 Å². The number of esters is 1. The number of aromatic nitrogens is 1. The standard InChI is InChI=1S/C9H10F2N2O2/c1-4-3-13-8(12)6(7(10)11)5(4)9(14)15-2/h3,7H,1-2H3,(H2,12,13). The molecule has 0 aliphatic carbocycles. The van der Waals surface area contributed by atoms with E-state index in [9.17, 15) is 13.6 Å². The second kappa shape index (κ2) is 4.20. The van der Waals surface area contributed by atoms with Crippen molar-refractivity contribution in [2.75, 3.05) is 12.8 Å². The summed E-state index contributed by atoms with van der Waals surface area (Å²) in [5.74, 6) is -1.19. The van der Waals surface area contributed by atoms with Crippen LogP contribution in [-0.2, 0) is 4.74 Å². The summed E-state index contributed by atoms with van der Waals surface area (Å²) < 4.78 is 29.7. The van der Waals surface area contributed by atoms with E-state index in [0.717, 1.165) is 7.11 Å². The van der Waals surface area contributed by atoms with Gasteiger partial charge in [-0.3, -0.25) is 0 Å². The zero-order valence-corrected chi connectivity index (χ0v) is 8.25. The third-order valence-corrected chi connectivity index (χ3v) is 1.94. The first-order chi connectivity index (χ1) is 6.99. The number of carbonyl (C=O) groups is 1. The number of hydrogen-bond donors (Lipinski definition) is 1. The molecule has 1 rings (SSSR count). The van der Waals surface area contributed by atoms with E-state index in [1.54, 1.807) is 0 Å². The minimum Gasteiger partial charge on any atom is -0.465 e. The van der Waals surface area contributed by atoms with Gasteiger partial charge in [0.15, 0.2) is 0 Å². The highest BCUT2D eigenvalue weighted by molar-refractivity contribution is 5.93. The van der Waals surface area contributed by atoms with Crippen LogP contribution in [0.1, 0.15) is 27.9 Å². The summed E-state index contributed by atoms with van der Waals surface area (Å²) in [6.45, 7) is 1.49. The first-order valence-electron chi connectivity index (χ1n) is 4.10. The van der Waals surface area contributed by atoms with Crippen molar-refractivity contribution in [1.82, 2.24) is 4.98 Å². The molecule has 6 heteroatoms. The Hall–Kier alpha value is -1.72. The number of nitrogen functional groups attached to an aromatic ring is 1. The lowest BCUT2D eigenvalue weighted by molar-refractivity contribution is 0.0588. The predicted molar refractivity (Wildman–Crippen MR) is 49.7 cm³/mol. The SMILES string of the molecule is COC(=O)c1c(C)cnc(N)c1C(F)F. The van der Waals surface area contributed by atoms with E-state index in [1.807, 2.05) is 0 Å². The van der Waals surface area contributed by atoms with Crippen LogP contribution in [0.3, 0.4) is 0 Å². The molecule has 2 N–H and O–H groups in total. The summed E-state index contributed by atoms with van der Waals surface area (Å²) in [6, 6.07) is 0. The Morgan fingerprint density at radius 2 is 2.20 bits per heavy atom. The maximum Gasteiger partial charge on any atom is 0.338 e. The van der Waals surface area contributed by atoms with Crippen LogP contribution in [0.25, 0.3) is 0 Å². The van der Waals surface area contributed by atoms with E-state index in [2.05, 4.69) is 9.72 Å². The van der Waals surface area contributed by atoms with Crippen molar-refractivity contribution in [3.05, 3.63) is 22.9 Å². The maximum atomic E-state index is 12.6. The highest BCUT2D eigenvalue weighted by Gasteiger charge is 2.24. The Morgan fingerprint density at radius 1 is 1.60 bits per heavy atom. The highest BCUT2D eigenvalue weighted by atomic mass is 19.3. The number of rotatable bonds is 2. The van der Waals surface area contributed by atoms with Crippen molar-refractivity contribution in [2.24, 2.45) is 0 Å². The molecule has 0 fully saturated rings. The third kappa shape index (κ3) is 2.03. The third-order valence-electron chi connectivity index (χ3n) is 1.94. The second-order valence-corrected chi connectivity index (χ2v) is 2.91. The van der Waals surface area contributed by atoms with Gasteiger partial charge in [-0.15, -0.1) is 0 Å². The first kappa shape index (κ1) is 11.4. The number of nitrogens with zero attached hydrogens (tertiary/aromatic N) is 1. The zero-order chi connectivity index (χ0) is 11.6. The van der Waals surface area contributed by atoms with Crippen molar-refractivity contribution in [3.63, 3.8) is 0 Å². The van der Waals surface area contributed by atoms with E-state index >= 15 is 0 Å². The summed E-state index contributed by atoms with van der Waals surface area (Å²) in [7, 11) is 1.12. The van der Waals surface area contributed by atoms with Crippen LogP contribution in [0.2, 0.25) is 0 Å². The molecule has 0 saturated carbocycles. The van der Waals surface area contributed by atoms with E-state index in [-0.39, 0.29) is 11.4 Å². The van der Waals surface area contributed by atoms with Crippen molar-refractivity contribution in [3.8, 4) is 0 Å². The van der Waals surface area contributed by atoms with Crippen LogP contribution >= 0.6 is 0 Å². The molecule has 0 bridgehead atoms. The number of hydrogen-bond acceptors (Lipinski definition) is 4. The molecular formula is C9H10F2N2O2. The van der Waals surface area contributed by atoms with Crippen molar-refractivity contribution in [2.45, 2.75) is 13.3 Å². The van der Waals surface area contributed by atoms with Crippen molar-refractivity contribution >= 4 is 11.8 Å². The summed E-state index contributed by atoms with van der Waals surface area (Å²) in [6.07, 6.45) is -1.60. The van der Waals surface area contributed by atoms with E-state index in [0.29, 0.717) is 5.56 Å². The molecule has 0 spiro atoms. The molecule has 82 valence electrons. The molecule has 0 unspecified atom stereocenters. The first-order valence-corrected chi connectivity index (χ1v) is 4.10. The number of alkyl halides is 2. The van der Waals surface area contributed by atoms with E-state index in [4.69, 9.17) is 5.73 Å². The van der Waals surface area contributed by atoms with Gasteiger partial charge in [0, 0.05) is 6.20 Å². The highest BCUT2D eigenvalue weighted by Crippen LogP contribution is 2.29. The second-order valence-electron chi connectivity index (χ2n) is 2.91. The molecule has 0 aliphatic heterocycles. The molecule has 1 aromatic heterocycles. The molecule has 1 heterocycles. The van der Waals surface area contributed by atoms with Gasteiger partial charge in [0.25, 0.3) is 6.43 Å². The Balaban J connectivity index is 3.45. The molecule has 1 aromatic rings. The smallest absolute Gasteiger partial charge is 0.338 e. The van der Waals surface area contributed by atoms with Gasteiger partial charge in [0.05, 0.1) is 18.2 Å². The van der Waals surface area contributed by atoms with Crippen LogP contribution < -0.4 is 5.73 Å². The van der Waals surface area contributed by atoms with Crippen LogP contribution in [0.4, 0.5) is 14.6 Å². The number of ether oxygens (including phenoxy) is 1. The van der Waals surface area contributed by atoms with Crippen molar-refractivity contribution in [1.29, 1.82) is 0 Å². The number of halogens is 2. The van der Waals surface area contributed by atoms with Crippen LogP contribution in [0, 0.1) is 6.92 Å². The summed E-state index contributed by atoms with van der Waals surface area (Å²) >= 11 is 0. The fourth-order valence-electron chi connectivity index (χ4n) is 1.23. The molecule has 0 aliphatic rings. The minimum absolute atomic E-state index is 0.208. The number of pyridine rings is 1. The fraction of sp³-hybridized carbons (Fsp3) is 0.333. The average Bonchev–Trinajstić information content (AvgIpc) is 2.19. The lowest BCUT2D eigenvalue weighted by Gasteiger charge is -2.11. The number of methoxy groups -OCH3 is 1. The quantitative estimate of drug-likeness (QED) is 0.764. The lowest BCUT2D eigenvalue weighted by Crippen LogP contribution is -2.12. The minimum atomic E-state index is -2.86. The Labute approximate surface area is 85.1 Å². The van der Waals surface area contributed by atoms with Crippen LogP contribution in [0.5, 0.6) is 0 Å². The topological polar surface area (TPSA) is 65.2 Å². The van der Waals surface area contributed by atoms with Gasteiger partial charge in [-0.1, -0.05) is 0 Å². The fourth-order valence-corrected chi connectivity index (χ4v) is 1.23. The van der Waals surface area contributed by atoms with Crippen LogP contribution in [-0.4, -0.2) is 18.1 Å². The van der Waals surface area contributed by atoms with Gasteiger partial charge in [-0.05, 0) is 12.5 Å². The lowest BCUT2D eigenvalue weighted by atomic mass is 10.0. The van der Waals surface area contributed by atoms with Gasteiger partial charge < -0.3 is 10.5 Å². The molecule has 4 nitrogen and oxygen atoms in total. The van der Waals surface area contributed by atoms with Gasteiger partial charge >= 0.3 is 5.97 Å². The number of anilines is 1. The monoisotopic (exact) mass is 216 g/mol. The van der Waals surface area contributed by atoms with Gasteiger partial charge in [0.2, 0.25) is 0 Å². The summed E-state index contributed by atoms with van der Waals surface area (Å²) in [5.41, 5.74) is 4.82. The molecule has 0 aromatic carbocycles. The van der Waals surface area contributed by atoms with Crippen molar-refractivity contribution < 1.29 is 18.3 Å². The van der Waals surface area contributed by atoms with Gasteiger partial charge in [0.1, 0.15) is 5.82 Å². The van der Waals surface area contributed by atoms with E-state index < -0.39 is 18.0 Å². The van der Waals surface area contributed by atoms with E-state index in [1.165, 1.54) is 13.1 Å². The van der Waals surface area contributed by atoms with Crippen LogP contribution in [0.15, 0.2) is 6.20 Å². The Morgan fingerprint density at radius 3 is 2.67 bits per heavy atom. The number of carbonyl (C=O) groups excluding carboxylic acids is 1. The average molecular weight is 216 g/mol. The maximum absolute atomic E-state index is 12.6. The largest absolute Gasteiger partial charge is 0.465 e.